The molecular weight excluding hydrogens is 466 g/mol. The molecule has 2 aliphatic heterocycles. The number of ketones is 2. The van der Waals surface area contributed by atoms with Gasteiger partial charge in [-0.25, -0.2) is 4.90 Å². The number of nitrogens with zero attached hydrogens (tertiary/aromatic N) is 1. The maximum atomic E-state index is 14.0. The Morgan fingerprint density at radius 3 is 2.06 bits per heavy atom. The van der Waals surface area contributed by atoms with Crippen molar-refractivity contribution in [2.45, 2.75) is 25.6 Å². The number of halogens is 1. The Kier molecular flexibility index (Phi) is 4.66. The van der Waals surface area contributed by atoms with Crippen molar-refractivity contribution in [1.82, 2.24) is 0 Å². The summed E-state index contributed by atoms with van der Waals surface area (Å²) in [6.07, 6.45) is -0.967. The van der Waals surface area contributed by atoms with Gasteiger partial charge in [0.15, 0.2) is 0 Å². The molecule has 0 saturated carbocycles. The molecule has 6 rings (SSSR count). The Morgan fingerprint density at radius 1 is 0.800 bits per heavy atom. The highest BCUT2D eigenvalue weighted by atomic mass is 35.5. The van der Waals surface area contributed by atoms with Gasteiger partial charge in [0.1, 0.15) is 0 Å². The van der Waals surface area contributed by atoms with Crippen molar-refractivity contribution in [2.24, 2.45) is 11.8 Å². The first-order valence-corrected chi connectivity index (χ1v) is 11.7. The zero-order valence-corrected chi connectivity index (χ0v) is 19.7. The molecule has 0 N–H and O–H groups in total. The fourth-order valence-electron chi connectivity index (χ4n) is 5.69. The molecule has 0 radical (unpaired) electrons. The van der Waals surface area contributed by atoms with Crippen LogP contribution in [0.5, 0.6) is 0 Å². The Morgan fingerprint density at radius 2 is 1.43 bits per heavy atom. The first kappa shape index (κ1) is 21.9. The van der Waals surface area contributed by atoms with E-state index in [0.29, 0.717) is 16.3 Å². The Hall–Kier alpha value is -3.61. The molecular formula is C28H20ClNO5. The molecule has 3 aromatic carbocycles. The summed E-state index contributed by atoms with van der Waals surface area (Å²) in [6.45, 7) is 3.73. The van der Waals surface area contributed by atoms with Crippen LogP contribution in [0.2, 0.25) is 5.02 Å². The number of ether oxygens (including phenoxy) is 1. The number of carbonyl (C=O) groups is 4. The summed E-state index contributed by atoms with van der Waals surface area (Å²) in [7, 11) is 0. The van der Waals surface area contributed by atoms with E-state index in [0.717, 1.165) is 16.0 Å². The fraction of sp³-hybridized carbons (Fsp3) is 0.214. The smallest absolute Gasteiger partial charge is 0.241 e. The van der Waals surface area contributed by atoms with E-state index < -0.39 is 46.9 Å². The van der Waals surface area contributed by atoms with Crippen LogP contribution in [-0.2, 0) is 14.3 Å². The van der Waals surface area contributed by atoms with E-state index >= 15 is 0 Å². The van der Waals surface area contributed by atoms with E-state index in [1.807, 2.05) is 19.9 Å². The third-order valence-corrected chi connectivity index (χ3v) is 7.79. The zero-order valence-electron chi connectivity index (χ0n) is 18.9. The van der Waals surface area contributed by atoms with Gasteiger partial charge in [-0.2, -0.15) is 0 Å². The van der Waals surface area contributed by atoms with Crippen LogP contribution in [0.4, 0.5) is 5.69 Å². The highest BCUT2D eigenvalue weighted by molar-refractivity contribution is 6.37. The van der Waals surface area contributed by atoms with Crippen LogP contribution in [0.25, 0.3) is 0 Å². The SMILES string of the molecule is Cc1cccc(N2C(=O)[C@@H]3[C@H](c4ccc(Cl)cc4)OC4(C(=O)c5ccccc5C4=O)[C@H]3C2=O)c1C. The second-order valence-corrected chi connectivity index (χ2v) is 9.70. The first-order valence-electron chi connectivity index (χ1n) is 11.3. The minimum Gasteiger partial charge on any atom is -0.349 e. The molecule has 2 fully saturated rings. The molecule has 7 heteroatoms. The van der Waals surface area contributed by atoms with Crippen LogP contribution in [0.1, 0.15) is 43.5 Å². The van der Waals surface area contributed by atoms with Crippen molar-refractivity contribution in [3.63, 3.8) is 0 Å². The number of fused-ring (bicyclic) bond motifs is 3. The summed E-state index contributed by atoms with van der Waals surface area (Å²) in [4.78, 5) is 56.6. The molecule has 1 spiro atoms. The molecule has 0 bridgehead atoms. The highest BCUT2D eigenvalue weighted by Gasteiger charge is 2.74. The largest absolute Gasteiger partial charge is 0.349 e. The number of anilines is 1. The normalized spacial score (nSPS) is 24.4. The van der Waals surface area contributed by atoms with Gasteiger partial charge in [0.25, 0.3) is 0 Å². The lowest BCUT2D eigenvalue weighted by Crippen LogP contribution is -2.51. The van der Waals surface area contributed by atoms with Gasteiger partial charge in [-0.1, -0.05) is 60.1 Å². The monoisotopic (exact) mass is 485 g/mol. The number of imide groups is 1. The van der Waals surface area contributed by atoms with Gasteiger partial charge in [0.05, 0.1) is 23.6 Å². The van der Waals surface area contributed by atoms with Gasteiger partial charge in [0, 0.05) is 16.1 Å². The van der Waals surface area contributed by atoms with E-state index in [9.17, 15) is 19.2 Å². The second-order valence-electron chi connectivity index (χ2n) is 9.26. The Balaban J connectivity index is 1.56. The number of Topliss-reactive ketones (excluding diaryl/α,β-unsaturated/α-hetero) is 2. The number of rotatable bonds is 2. The topological polar surface area (TPSA) is 80.8 Å². The summed E-state index contributed by atoms with van der Waals surface area (Å²) in [5.41, 5.74) is 1.05. The fourth-order valence-corrected chi connectivity index (χ4v) is 5.81. The molecule has 174 valence electrons. The van der Waals surface area contributed by atoms with Crippen molar-refractivity contribution < 1.29 is 23.9 Å². The molecule has 2 heterocycles. The Labute approximate surface area is 206 Å². The van der Waals surface area contributed by atoms with Gasteiger partial charge < -0.3 is 4.74 Å². The van der Waals surface area contributed by atoms with Crippen LogP contribution >= 0.6 is 11.6 Å². The standard InChI is InChI=1S/C28H20ClNO5/c1-14-6-5-9-20(15(14)2)30-26(33)21-22(27(30)34)28(35-23(21)16-10-12-17(29)13-11-16)24(31)18-7-3-4-8-19(18)25(28)32/h3-13,21-23H,1-2H3/t21-,22+,23-/m0/s1. The maximum Gasteiger partial charge on any atom is 0.241 e. The van der Waals surface area contributed by atoms with Crippen LogP contribution in [0.15, 0.2) is 66.7 Å². The number of aryl methyl sites for hydroxylation is 1. The molecule has 0 unspecified atom stereocenters. The Bertz CT molecular complexity index is 1430. The molecule has 0 aromatic heterocycles. The number of benzene rings is 3. The van der Waals surface area contributed by atoms with Crippen molar-refractivity contribution in [3.8, 4) is 0 Å². The number of hydrogen-bond acceptors (Lipinski definition) is 5. The van der Waals surface area contributed by atoms with E-state index in [1.165, 1.54) is 0 Å². The van der Waals surface area contributed by atoms with Crippen molar-refractivity contribution in [3.05, 3.63) is 99.6 Å². The van der Waals surface area contributed by atoms with Crippen molar-refractivity contribution in [2.75, 3.05) is 4.90 Å². The minimum atomic E-state index is -2.09. The summed E-state index contributed by atoms with van der Waals surface area (Å²) < 4.78 is 6.28. The lowest BCUT2D eigenvalue weighted by atomic mass is 9.77. The van der Waals surface area contributed by atoms with E-state index in [1.54, 1.807) is 60.7 Å². The molecule has 2 saturated heterocycles. The molecule has 35 heavy (non-hydrogen) atoms. The van der Waals surface area contributed by atoms with Crippen molar-refractivity contribution >= 4 is 40.7 Å². The van der Waals surface area contributed by atoms with Crippen LogP contribution in [0.3, 0.4) is 0 Å². The quantitative estimate of drug-likeness (QED) is 0.390. The van der Waals surface area contributed by atoms with Crippen LogP contribution in [0, 0.1) is 25.7 Å². The van der Waals surface area contributed by atoms with E-state index in [-0.39, 0.29) is 11.1 Å². The van der Waals surface area contributed by atoms with E-state index in [4.69, 9.17) is 16.3 Å². The molecule has 6 nitrogen and oxygen atoms in total. The number of hydrogen-bond donors (Lipinski definition) is 0. The third kappa shape index (κ3) is 2.75. The predicted octanol–water partition coefficient (Wildman–Crippen LogP) is 4.65. The van der Waals surface area contributed by atoms with Crippen molar-refractivity contribution in [1.29, 1.82) is 0 Å². The molecule has 1 aliphatic carbocycles. The second kappa shape index (κ2) is 7.44. The van der Waals surface area contributed by atoms with Crippen LogP contribution in [-0.4, -0.2) is 29.0 Å². The number of carbonyl (C=O) groups excluding carboxylic acids is 4. The van der Waals surface area contributed by atoms with Gasteiger partial charge in [-0.15, -0.1) is 0 Å². The molecule has 3 atom stereocenters. The summed E-state index contributed by atoms with van der Waals surface area (Å²) >= 11 is 6.07. The van der Waals surface area contributed by atoms with Crippen LogP contribution < -0.4 is 4.90 Å². The lowest BCUT2D eigenvalue weighted by Gasteiger charge is -2.28. The summed E-state index contributed by atoms with van der Waals surface area (Å²) in [5, 5.41) is 0.490. The summed E-state index contributed by atoms with van der Waals surface area (Å²) in [5.74, 6) is -4.54. The zero-order chi connectivity index (χ0) is 24.6. The van der Waals surface area contributed by atoms with Gasteiger partial charge in [-0.05, 0) is 48.7 Å². The first-order chi connectivity index (χ1) is 16.8. The van der Waals surface area contributed by atoms with E-state index in [2.05, 4.69) is 0 Å². The average Bonchev–Trinajstić information content (AvgIpc) is 3.42. The summed E-state index contributed by atoms with van der Waals surface area (Å²) in [6, 6.07) is 18.5. The average molecular weight is 486 g/mol. The lowest BCUT2D eigenvalue weighted by molar-refractivity contribution is -0.127. The highest BCUT2D eigenvalue weighted by Crippen LogP contribution is 2.58. The molecule has 3 aliphatic rings. The van der Waals surface area contributed by atoms with Gasteiger partial charge in [0.2, 0.25) is 29.0 Å². The van der Waals surface area contributed by atoms with Gasteiger partial charge in [-0.3, -0.25) is 19.2 Å². The van der Waals surface area contributed by atoms with Gasteiger partial charge >= 0.3 is 0 Å². The third-order valence-electron chi connectivity index (χ3n) is 7.53. The predicted molar refractivity (Wildman–Crippen MR) is 129 cm³/mol. The molecule has 3 aromatic rings. The maximum absolute atomic E-state index is 14.0. The number of amides is 2. The molecule has 2 amide bonds. The minimum absolute atomic E-state index is 0.207.